The Morgan fingerprint density at radius 3 is 2.33 bits per heavy atom. The monoisotopic (exact) mass is 170 g/mol. The number of hydrogen-bond donors (Lipinski definition) is 1. The molecule has 1 saturated carbocycles. The van der Waals surface area contributed by atoms with Gasteiger partial charge in [-0.1, -0.05) is 40.0 Å². The highest BCUT2D eigenvalue weighted by Gasteiger charge is 2.55. The van der Waals surface area contributed by atoms with Crippen LogP contribution in [0.3, 0.4) is 0 Å². The van der Waals surface area contributed by atoms with E-state index in [1.165, 1.54) is 12.8 Å². The maximum absolute atomic E-state index is 10.2. The van der Waals surface area contributed by atoms with Crippen molar-refractivity contribution in [3.63, 3.8) is 0 Å². The second-order valence-corrected chi connectivity index (χ2v) is 4.19. The normalized spacial score (nSPS) is 34.2. The summed E-state index contributed by atoms with van der Waals surface area (Å²) < 4.78 is 0. The molecule has 0 spiro atoms. The van der Waals surface area contributed by atoms with Gasteiger partial charge in [-0.25, -0.2) is 0 Å². The molecule has 0 aliphatic heterocycles. The van der Waals surface area contributed by atoms with Crippen molar-refractivity contribution in [1.82, 2.24) is 0 Å². The van der Waals surface area contributed by atoms with Crippen LogP contribution in [0.5, 0.6) is 0 Å². The Hall–Kier alpha value is -0.0400. The first-order valence-electron chi connectivity index (χ1n) is 5.41. The Morgan fingerprint density at radius 2 is 1.92 bits per heavy atom. The molecule has 1 rings (SSSR count). The van der Waals surface area contributed by atoms with Crippen molar-refractivity contribution >= 4 is 0 Å². The van der Waals surface area contributed by atoms with E-state index in [0.717, 1.165) is 19.3 Å². The summed E-state index contributed by atoms with van der Waals surface area (Å²) in [6, 6.07) is 0. The van der Waals surface area contributed by atoms with E-state index in [1.54, 1.807) is 0 Å². The fourth-order valence-electron chi connectivity index (χ4n) is 2.53. The molecule has 1 nitrogen and oxygen atoms in total. The van der Waals surface area contributed by atoms with Crippen LogP contribution in [0.4, 0.5) is 0 Å². The molecular formula is C11H22O. The van der Waals surface area contributed by atoms with Crippen LogP contribution in [0.25, 0.3) is 0 Å². The molecule has 72 valence electrons. The lowest BCUT2D eigenvalue weighted by molar-refractivity contribution is 0.0590. The van der Waals surface area contributed by atoms with Crippen molar-refractivity contribution in [2.45, 2.75) is 58.5 Å². The highest BCUT2D eigenvalue weighted by Crippen LogP contribution is 2.53. The van der Waals surface area contributed by atoms with Crippen molar-refractivity contribution in [3.05, 3.63) is 0 Å². The topological polar surface area (TPSA) is 20.2 Å². The van der Waals surface area contributed by atoms with Crippen molar-refractivity contribution in [2.75, 3.05) is 0 Å². The Kier molecular flexibility index (Phi) is 3.16. The summed E-state index contributed by atoms with van der Waals surface area (Å²) in [5, 5.41) is 10.2. The van der Waals surface area contributed by atoms with Crippen molar-refractivity contribution < 1.29 is 5.11 Å². The molecule has 1 aliphatic rings. The average molecular weight is 170 g/mol. The van der Waals surface area contributed by atoms with E-state index in [-0.39, 0.29) is 5.60 Å². The summed E-state index contributed by atoms with van der Waals surface area (Å²) >= 11 is 0. The van der Waals surface area contributed by atoms with Gasteiger partial charge in [0, 0.05) is 0 Å². The third kappa shape index (κ3) is 1.66. The average Bonchev–Trinajstić information content (AvgIpc) is 2.66. The van der Waals surface area contributed by atoms with E-state index in [9.17, 15) is 5.11 Å². The Balaban J connectivity index is 2.41. The molecule has 0 heterocycles. The standard InChI is InChI=1S/C11H22O/c1-4-7-10-8-11(10,12)9(5-2)6-3/h9-10,12H,4-8H2,1-3H3. The van der Waals surface area contributed by atoms with Gasteiger partial charge in [-0.2, -0.15) is 0 Å². The Labute approximate surface area is 76.2 Å². The number of rotatable bonds is 5. The van der Waals surface area contributed by atoms with Gasteiger partial charge in [0.25, 0.3) is 0 Å². The Morgan fingerprint density at radius 1 is 1.33 bits per heavy atom. The SMILES string of the molecule is CCCC1CC1(O)C(CC)CC. The summed E-state index contributed by atoms with van der Waals surface area (Å²) in [5.41, 5.74) is -0.264. The fourth-order valence-corrected chi connectivity index (χ4v) is 2.53. The van der Waals surface area contributed by atoms with Gasteiger partial charge < -0.3 is 5.11 Å². The van der Waals surface area contributed by atoms with Crippen LogP contribution < -0.4 is 0 Å². The summed E-state index contributed by atoms with van der Waals surface area (Å²) in [5.74, 6) is 1.17. The van der Waals surface area contributed by atoms with Crippen LogP contribution in [0.1, 0.15) is 52.9 Å². The highest BCUT2D eigenvalue weighted by molar-refractivity contribution is 5.06. The van der Waals surface area contributed by atoms with Gasteiger partial charge in [-0.15, -0.1) is 0 Å². The lowest BCUT2D eigenvalue weighted by atomic mass is 9.92. The van der Waals surface area contributed by atoms with E-state index in [4.69, 9.17) is 0 Å². The summed E-state index contributed by atoms with van der Waals surface area (Å²) in [6.07, 6.45) is 5.76. The van der Waals surface area contributed by atoms with Gasteiger partial charge in [0.15, 0.2) is 0 Å². The van der Waals surface area contributed by atoms with Gasteiger partial charge in [0.1, 0.15) is 0 Å². The predicted octanol–water partition coefficient (Wildman–Crippen LogP) is 2.97. The first-order valence-corrected chi connectivity index (χ1v) is 5.41. The first-order chi connectivity index (χ1) is 5.69. The minimum atomic E-state index is -0.264. The molecule has 1 fully saturated rings. The summed E-state index contributed by atoms with van der Waals surface area (Å²) in [6.45, 7) is 6.58. The molecule has 0 aromatic heterocycles. The van der Waals surface area contributed by atoms with Gasteiger partial charge in [0.05, 0.1) is 5.60 Å². The van der Waals surface area contributed by atoms with Gasteiger partial charge >= 0.3 is 0 Å². The molecule has 0 saturated heterocycles. The second kappa shape index (κ2) is 3.78. The number of aliphatic hydroxyl groups is 1. The van der Waals surface area contributed by atoms with Crippen molar-refractivity contribution in [1.29, 1.82) is 0 Å². The zero-order valence-corrected chi connectivity index (χ0v) is 8.64. The first kappa shape index (κ1) is 10.0. The molecule has 0 amide bonds. The second-order valence-electron chi connectivity index (χ2n) is 4.19. The van der Waals surface area contributed by atoms with Crippen LogP contribution in [-0.4, -0.2) is 10.7 Å². The molecule has 0 aromatic rings. The van der Waals surface area contributed by atoms with Gasteiger partial charge in [-0.05, 0) is 24.7 Å². The van der Waals surface area contributed by atoms with E-state index in [1.807, 2.05) is 0 Å². The molecule has 0 aromatic carbocycles. The van der Waals surface area contributed by atoms with Crippen LogP contribution >= 0.6 is 0 Å². The van der Waals surface area contributed by atoms with Gasteiger partial charge in [-0.3, -0.25) is 0 Å². The molecule has 1 heteroatoms. The van der Waals surface area contributed by atoms with Crippen molar-refractivity contribution in [3.8, 4) is 0 Å². The zero-order chi connectivity index (χ0) is 9.19. The maximum atomic E-state index is 10.2. The minimum Gasteiger partial charge on any atom is -0.389 e. The summed E-state index contributed by atoms with van der Waals surface area (Å²) in [7, 11) is 0. The third-order valence-corrected chi connectivity index (χ3v) is 3.45. The van der Waals surface area contributed by atoms with Gasteiger partial charge in [0.2, 0.25) is 0 Å². The van der Waals surface area contributed by atoms with E-state index < -0.39 is 0 Å². The van der Waals surface area contributed by atoms with E-state index in [2.05, 4.69) is 20.8 Å². The largest absolute Gasteiger partial charge is 0.389 e. The number of hydrogen-bond acceptors (Lipinski definition) is 1. The lowest BCUT2D eigenvalue weighted by Crippen LogP contribution is -2.23. The third-order valence-electron chi connectivity index (χ3n) is 3.45. The molecule has 0 radical (unpaired) electrons. The predicted molar refractivity (Wildman–Crippen MR) is 52.0 cm³/mol. The van der Waals surface area contributed by atoms with Crippen LogP contribution in [0.2, 0.25) is 0 Å². The fraction of sp³-hybridized carbons (Fsp3) is 1.00. The highest BCUT2D eigenvalue weighted by atomic mass is 16.3. The molecule has 1 N–H and O–H groups in total. The van der Waals surface area contributed by atoms with Crippen molar-refractivity contribution in [2.24, 2.45) is 11.8 Å². The van der Waals surface area contributed by atoms with Crippen LogP contribution in [0, 0.1) is 11.8 Å². The lowest BCUT2D eigenvalue weighted by Gasteiger charge is -2.20. The van der Waals surface area contributed by atoms with Crippen LogP contribution in [0.15, 0.2) is 0 Å². The zero-order valence-electron chi connectivity index (χ0n) is 8.64. The molecule has 2 unspecified atom stereocenters. The van der Waals surface area contributed by atoms with E-state index in [0.29, 0.717) is 11.8 Å². The van der Waals surface area contributed by atoms with E-state index >= 15 is 0 Å². The maximum Gasteiger partial charge on any atom is 0.0708 e. The smallest absolute Gasteiger partial charge is 0.0708 e. The molecule has 0 bridgehead atoms. The quantitative estimate of drug-likeness (QED) is 0.672. The summed E-state index contributed by atoms with van der Waals surface area (Å²) in [4.78, 5) is 0. The molecular weight excluding hydrogens is 148 g/mol. The molecule has 1 aliphatic carbocycles. The minimum absolute atomic E-state index is 0.264. The molecule has 12 heavy (non-hydrogen) atoms. The van der Waals surface area contributed by atoms with Crippen LogP contribution in [-0.2, 0) is 0 Å². The Bertz CT molecular complexity index is 140. The molecule has 2 atom stereocenters.